The SMILES string of the molecule is Cc1ccc2c(c1)c1ccccc1n2-c1c#cc(-c2ccc3c(c2)-c2ccccc2C32C3=C(c4ccccc4C3)c3cc(C(/C=C\c4ccccc4)=C/C=C/Nc4ccccc4)ccc32)cc1. The highest BCUT2D eigenvalue weighted by atomic mass is 15.0. The van der Waals surface area contributed by atoms with E-state index in [0.29, 0.717) is 0 Å². The van der Waals surface area contributed by atoms with Crippen molar-refractivity contribution in [2.24, 2.45) is 0 Å². The number of allylic oxidation sites excluding steroid dienone is 5. The number of para-hydroxylation sites is 2. The molecule has 1 atom stereocenters. The highest BCUT2D eigenvalue weighted by molar-refractivity contribution is 6.09. The molecule has 2 nitrogen and oxygen atoms in total. The monoisotopic (exact) mass is 852 g/mol. The summed E-state index contributed by atoms with van der Waals surface area (Å²) >= 11 is 0. The Bertz CT molecular complexity index is 3730. The fourth-order valence-electron chi connectivity index (χ4n) is 11.3. The average molecular weight is 853 g/mol. The Morgan fingerprint density at radius 1 is 0.582 bits per heavy atom. The molecule has 3 aliphatic carbocycles. The van der Waals surface area contributed by atoms with Gasteiger partial charge in [-0.25, -0.2) is 0 Å². The Labute approximate surface area is 391 Å². The van der Waals surface area contributed by atoms with Gasteiger partial charge in [-0.15, -0.1) is 0 Å². The van der Waals surface area contributed by atoms with Gasteiger partial charge in [-0.05, 0) is 158 Å². The molecule has 0 amide bonds. The molecule has 1 N–H and O–H groups in total. The van der Waals surface area contributed by atoms with Crippen LogP contribution in [0.25, 0.3) is 67.0 Å². The second-order valence-corrected chi connectivity index (χ2v) is 18.0. The molecule has 0 bridgehead atoms. The lowest BCUT2D eigenvalue weighted by Crippen LogP contribution is -2.28. The first-order valence-electron chi connectivity index (χ1n) is 23.2. The van der Waals surface area contributed by atoms with Gasteiger partial charge in [0.05, 0.1) is 22.1 Å². The molecule has 1 aromatic heterocycles. The van der Waals surface area contributed by atoms with E-state index in [4.69, 9.17) is 0 Å². The minimum Gasteiger partial charge on any atom is -0.362 e. The van der Waals surface area contributed by atoms with E-state index >= 15 is 0 Å². The summed E-state index contributed by atoms with van der Waals surface area (Å²) in [4.78, 5) is 0. The smallest absolute Gasteiger partial charge is 0.0974 e. The average Bonchev–Trinajstić information content (AvgIpc) is 4.10. The molecule has 1 heterocycles. The van der Waals surface area contributed by atoms with Gasteiger partial charge < -0.3 is 9.88 Å². The molecule has 0 fully saturated rings. The van der Waals surface area contributed by atoms with E-state index in [0.717, 1.165) is 40.1 Å². The van der Waals surface area contributed by atoms with Gasteiger partial charge in [-0.1, -0.05) is 175 Å². The summed E-state index contributed by atoms with van der Waals surface area (Å²) in [6, 6.07) is 80.4. The van der Waals surface area contributed by atoms with Crippen LogP contribution in [0.5, 0.6) is 0 Å². The number of aromatic nitrogens is 1. The normalized spacial score (nSPS) is 15.6. The zero-order valence-electron chi connectivity index (χ0n) is 37.1. The lowest BCUT2D eigenvalue weighted by molar-refractivity contribution is 0.745. The van der Waals surface area contributed by atoms with Gasteiger partial charge >= 0.3 is 0 Å². The standard InChI is InChI=1S/C65H44N2/c1-43-26-37-63-56(39-43)54-23-11-13-25-62(54)67(63)51-33-29-46(30-34-51)47-31-35-59-55(40-47)53-22-10-12-24-58(53)65(59)60-36-32-48(41-57(60)64-52-21-9-8-17-49(52)42-61(64)65)45(28-27-44-15-4-2-5-16-44)18-14-38-66-50-19-6-3-7-20-50/h2-29,31-33,35-41,66H,42H2,1H3/b28-27-,38-14+,45-18+. The molecule has 0 saturated heterocycles. The Kier molecular flexibility index (Phi) is 8.98. The molecule has 314 valence electrons. The number of benzene rings is 8. The number of aryl methyl sites for hydroxylation is 1. The maximum absolute atomic E-state index is 3.61. The minimum absolute atomic E-state index is 0.426. The molecule has 0 aliphatic heterocycles. The van der Waals surface area contributed by atoms with E-state index in [1.54, 1.807) is 0 Å². The second-order valence-electron chi connectivity index (χ2n) is 18.0. The number of nitrogens with one attached hydrogen (secondary N) is 1. The van der Waals surface area contributed by atoms with Crippen molar-refractivity contribution in [3.05, 3.63) is 292 Å². The molecule has 2 heteroatoms. The predicted octanol–water partition coefficient (Wildman–Crippen LogP) is 15.8. The summed E-state index contributed by atoms with van der Waals surface area (Å²) in [5.74, 6) is 0. The zero-order chi connectivity index (χ0) is 44.5. The van der Waals surface area contributed by atoms with Crippen LogP contribution in [0.15, 0.2) is 230 Å². The van der Waals surface area contributed by atoms with Crippen molar-refractivity contribution in [3.8, 4) is 27.9 Å². The third kappa shape index (κ3) is 6.13. The van der Waals surface area contributed by atoms with Crippen LogP contribution in [-0.2, 0) is 11.8 Å². The molecule has 1 spiro atoms. The maximum Gasteiger partial charge on any atom is 0.0974 e. The lowest BCUT2D eigenvalue weighted by atomic mass is 9.68. The quantitative estimate of drug-likeness (QED) is 0.151. The van der Waals surface area contributed by atoms with Crippen LogP contribution in [0, 0.1) is 19.1 Å². The number of anilines is 1. The van der Waals surface area contributed by atoms with Crippen molar-refractivity contribution in [3.63, 3.8) is 0 Å². The van der Waals surface area contributed by atoms with Crippen molar-refractivity contribution in [2.45, 2.75) is 18.8 Å². The Balaban J connectivity index is 0.934. The van der Waals surface area contributed by atoms with E-state index < -0.39 is 5.41 Å². The van der Waals surface area contributed by atoms with Crippen LogP contribution < -0.4 is 5.32 Å². The van der Waals surface area contributed by atoms with Crippen LogP contribution >= 0.6 is 0 Å². The van der Waals surface area contributed by atoms with Crippen molar-refractivity contribution >= 4 is 44.7 Å². The maximum atomic E-state index is 3.61. The molecule has 3 aliphatic rings. The zero-order valence-corrected chi connectivity index (χ0v) is 37.1. The summed E-state index contributed by atoms with van der Waals surface area (Å²) in [5, 5.41) is 5.94. The van der Waals surface area contributed by atoms with Crippen LogP contribution in [0.2, 0.25) is 0 Å². The van der Waals surface area contributed by atoms with Gasteiger partial charge in [0.25, 0.3) is 0 Å². The third-order valence-electron chi connectivity index (χ3n) is 14.2. The molecule has 0 radical (unpaired) electrons. The van der Waals surface area contributed by atoms with Gasteiger partial charge in [0, 0.05) is 28.2 Å². The van der Waals surface area contributed by atoms with Crippen molar-refractivity contribution < 1.29 is 0 Å². The van der Waals surface area contributed by atoms with Gasteiger partial charge in [-0.2, -0.15) is 0 Å². The van der Waals surface area contributed by atoms with Crippen molar-refractivity contribution in [1.29, 1.82) is 0 Å². The van der Waals surface area contributed by atoms with Crippen LogP contribution in [0.4, 0.5) is 5.69 Å². The predicted molar refractivity (Wildman–Crippen MR) is 279 cm³/mol. The summed E-state index contributed by atoms with van der Waals surface area (Å²) in [7, 11) is 0. The fourth-order valence-corrected chi connectivity index (χ4v) is 11.3. The molecular formula is C65H44N2. The lowest BCUT2D eigenvalue weighted by Gasteiger charge is -2.32. The van der Waals surface area contributed by atoms with E-state index in [1.807, 2.05) is 24.4 Å². The molecule has 9 aromatic carbocycles. The van der Waals surface area contributed by atoms with E-state index in [2.05, 4.69) is 235 Å². The van der Waals surface area contributed by atoms with Crippen molar-refractivity contribution in [1.82, 2.24) is 4.57 Å². The first-order chi connectivity index (χ1) is 33.1. The van der Waals surface area contributed by atoms with Gasteiger partial charge in [-0.3, -0.25) is 0 Å². The molecule has 10 aromatic rings. The van der Waals surface area contributed by atoms with E-state index in [1.165, 1.54) is 88.6 Å². The molecule has 67 heavy (non-hydrogen) atoms. The fraction of sp³-hybridized carbons (Fsp3) is 0.0462. The number of hydrogen-bond donors (Lipinski definition) is 1. The van der Waals surface area contributed by atoms with Crippen LogP contribution in [0.3, 0.4) is 0 Å². The highest BCUT2D eigenvalue weighted by Crippen LogP contribution is 2.65. The first kappa shape index (κ1) is 38.8. The Hall–Kier alpha value is -8.64. The number of fused-ring (bicyclic) bond motifs is 14. The minimum atomic E-state index is -0.426. The Morgan fingerprint density at radius 2 is 1.31 bits per heavy atom. The third-order valence-corrected chi connectivity index (χ3v) is 14.2. The topological polar surface area (TPSA) is 17.0 Å². The highest BCUT2D eigenvalue weighted by Gasteiger charge is 2.54. The van der Waals surface area contributed by atoms with Crippen LogP contribution in [0.1, 0.15) is 50.1 Å². The molecule has 0 saturated carbocycles. The number of nitrogens with zero attached hydrogens (tertiary/aromatic N) is 1. The summed E-state index contributed by atoms with van der Waals surface area (Å²) < 4.78 is 2.32. The molecular weight excluding hydrogens is 809 g/mol. The summed E-state index contributed by atoms with van der Waals surface area (Å²) in [5.41, 5.74) is 24.4. The molecule has 13 rings (SSSR count). The van der Waals surface area contributed by atoms with Gasteiger partial charge in [0.1, 0.15) is 0 Å². The number of hydrogen-bond acceptors (Lipinski definition) is 1. The Morgan fingerprint density at radius 3 is 2.18 bits per heavy atom. The van der Waals surface area contributed by atoms with E-state index in [9.17, 15) is 0 Å². The number of rotatable bonds is 8. The summed E-state index contributed by atoms with van der Waals surface area (Å²) in [6.07, 6.45) is 11.7. The molecule has 1 unspecified atom stereocenters. The van der Waals surface area contributed by atoms with Crippen LogP contribution in [-0.4, -0.2) is 4.57 Å². The first-order valence-corrected chi connectivity index (χ1v) is 23.2. The van der Waals surface area contributed by atoms with Gasteiger partial charge in [0.15, 0.2) is 0 Å². The van der Waals surface area contributed by atoms with Gasteiger partial charge in [0.2, 0.25) is 0 Å². The van der Waals surface area contributed by atoms with E-state index in [-0.39, 0.29) is 0 Å². The second kappa shape index (κ2) is 15.5. The van der Waals surface area contributed by atoms with Crippen molar-refractivity contribution in [2.75, 3.05) is 5.32 Å². The summed E-state index contributed by atoms with van der Waals surface area (Å²) in [6.45, 7) is 2.16. The largest absolute Gasteiger partial charge is 0.362 e.